The van der Waals surface area contributed by atoms with E-state index in [4.69, 9.17) is 30.5 Å². The predicted molar refractivity (Wildman–Crippen MR) is 174 cm³/mol. The zero-order valence-corrected chi connectivity index (χ0v) is 27.7. The first kappa shape index (κ1) is 31.6. The Morgan fingerprint density at radius 2 is 1.86 bits per heavy atom. The molecule has 3 aromatic carbocycles. The second-order valence-corrected chi connectivity index (χ2v) is 12.0. The lowest BCUT2D eigenvalue weighted by Crippen LogP contribution is -2.40. The number of nitrogens with zero attached hydrogens (tertiary/aromatic N) is 2. The summed E-state index contributed by atoms with van der Waals surface area (Å²) in [6.45, 7) is 6.29. The lowest BCUT2D eigenvalue weighted by Gasteiger charge is -2.26. The molecule has 0 unspecified atom stereocenters. The van der Waals surface area contributed by atoms with E-state index in [1.54, 1.807) is 39.2 Å². The smallest absolute Gasteiger partial charge is 0.338 e. The van der Waals surface area contributed by atoms with Gasteiger partial charge < -0.3 is 18.9 Å². The molecule has 0 bridgehead atoms. The SMILES string of the molecule is CCOC(=O)C1=C(C)N=c2s/c(=C/c3cccc(OCc4ccccc4Cl)c3)c(=O)n2[C@H]1c1cc(OC)c(OCC)cc1Br. The maximum absolute atomic E-state index is 14.1. The van der Waals surface area contributed by atoms with Crippen LogP contribution in [0, 0.1) is 0 Å². The maximum atomic E-state index is 14.1. The largest absolute Gasteiger partial charge is 0.493 e. The fourth-order valence-corrected chi connectivity index (χ4v) is 6.67. The van der Waals surface area contributed by atoms with E-state index in [1.807, 2.05) is 55.5 Å². The number of halogens is 2. The number of carbonyl (C=O) groups excluding carboxylic acids is 1. The topological polar surface area (TPSA) is 88.4 Å². The van der Waals surface area contributed by atoms with Crippen LogP contribution in [0.15, 0.2) is 86.2 Å². The molecular formula is C33H30BrClN2O6S. The Bertz CT molecular complexity index is 1930. The van der Waals surface area contributed by atoms with Crippen LogP contribution in [0.4, 0.5) is 0 Å². The zero-order chi connectivity index (χ0) is 31.4. The first-order valence-electron chi connectivity index (χ1n) is 13.9. The zero-order valence-electron chi connectivity index (χ0n) is 24.6. The van der Waals surface area contributed by atoms with Gasteiger partial charge in [-0.15, -0.1) is 0 Å². The Morgan fingerprint density at radius 3 is 2.59 bits per heavy atom. The molecule has 5 rings (SSSR count). The van der Waals surface area contributed by atoms with E-state index >= 15 is 0 Å². The Hall–Kier alpha value is -3.86. The molecular weight excluding hydrogens is 668 g/mol. The minimum atomic E-state index is -0.823. The Morgan fingerprint density at radius 1 is 1.07 bits per heavy atom. The van der Waals surface area contributed by atoms with Crippen LogP contribution in [-0.4, -0.2) is 30.9 Å². The number of hydrogen-bond donors (Lipinski definition) is 0. The highest BCUT2D eigenvalue weighted by Crippen LogP contribution is 2.41. The van der Waals surface area contributed by atoms with Crippen LogP contribution in [0.1, 0.15) is 43.5 Å². The van der Waals surface area contributed by atoms with Gasteiger partial charge in [-0.1, -0.05) is 69.2 Å². The van der Waals surface area contributed by atoms with E-state index in [-0.39, 0.29) is 17.7 Å². The highest BCUT2D eigenvalue weighted by Gasteiger charge is 2.35. The van der Waals surface area contributed by atoms with Gasteiger partial charge in [0.1, 0.15) is 12.4 Å². The van der Waals surface area contributed by atoms with Crippen molar-refractivity contribution in [1.82, 2.24) is 4.57 Å². The number of esters is 1. The van der Waals surface area contributed by atoms with Gasteiger partial charge in [0, 0.05) is 15.1 Å². The third-order valence-corrected chi connectivity index (χ3v) is 8.94. The summed E-state index contributed by atoms with van der Waals surface area (Å²) in [6.07, 6.45) is 1.79. The molecule has 228 valence electrons. The molecule has 2 heterocycles. The van der Waals surface area contributed by atoms with E-state index in [2.05, 4.69) is 20.9 Å². The minimum absolute atomic E-state index is 0.176. The number of allylic oxidation sites excluding steroid dienone is 1. The number of fused-ring (bicyclic) bond motifs is 1. The average molecular weight is 698 g/mol. The number of methoxy groups -OCH3 is 1. The first-order chi connectivity index (χ1) is 21.2. The van der Waals surface area contributed by atoms with Gasteiger partial charge in [0.2, 0.25) is 0 Å². The molecule has 0 aliphatic carbocycles. The van der Waals surface area contributed by atoms with Crippen LogP contribution in [0.2, 0.25) is 5.02 Å². The normalized spacial score (nSPS) is 14.6. The van der Waals surface area contributed by atoms with E-state index < -0.39 is 12.0 Å². The number of thiazole rings is 1. The van der Waals surface area contributed by atoms with Gasteiger partial charge in [0.25, 0.3) is 5.56 Å². The summed E-state index contributed by atoms with van der Waals surface area (Å²) >= 11 is 11.2. The van der Waals surface area contributed by atoms with Crippen LogP contribution in [0.5, 0.6) is 17.2 Å². The van der Waals surface area contributed by atoms with Crippen molar-refractivity contribution in [1.29, 1.82) is 0 Å². The molecule has 1 aromatic heterocycles. The average Bonchev–Trinajstić information content (AvgIpc) is 3.30. The van der Waals surface area contributed by atoms with Crippen LogP contribution >= 0.6 is 38.9 Å². The number of ether oxygens (including phenoxy) is 4. The molecule has 0 N–H and O–H groups in total. The molecule has 1 aliphatic rings. The number of carbonyl (C=O) groups is 1. The van der Waals surface area contributed by atoms with Crippen LogP contribution in [-0.2, 0) is 16.1 Å². The van der Waals surface area contributed by atoms with Crippen molar-refractivity contribution in [2.45, 2.75) is 33.4 Å². The molecule has 44 heavy (non-hydrogen) atoms. The summed E-state index contributed by atoms with van der Waals surface area (Å²) in [5.74, 6) is 1.10. The van der Waals surface area contributed by atoms with Gasteiger partial charge in [-0.2, -0.15) is 0 Å². The van der Waals surface area contributed by atoms with Crippen molar-refractivity contribution in [3.63, 3.8) is 0 Å². The molecule has 0 fully saturated rings. The molecule has 0 radical (unpaired) electrons. The predicted octanol–water partition coefficient (Wildman–Crippen LogP) is 6.20. The molecule has 0 spiro atoms. The van der Waals surface area contributed by atoms with Crippen molar-refractivity contribution in [3.05, 3.63) is 118 Å². The van der Waals surface area contributed by atoms with E-state index in [0.29, 0.717) is 60.6 Å². The lowest BCUT2D eigenvalue weighted by molar-refractivity contribution is -0.139. The summed E-state index contributed by atoms with van der Waals surface area (Å²) in [5.41, 5.74) is 2.72. The summed E-state index contributed by atoms with van der Waals surface area (Å²) in [6, 6.07) is 17.7. The lowest BCUT2D eigenvalue weighted by atomic mass is 9.95. The van der Waals surface area contributed by atoms with Gasteiger partial charge in [0.15, 0.2) is 16.3 Å². The van der Waals surface area contributed by atoms with Crippen molar-refractivity contribution in [2.24, 2.45) is 4.99 Å². The maximum Gasteiger partial charge on any atom is 0.338 e. The van der Waals surface area contributed by atoms with E-state index in [9.17, 15) is 9.59 Å². The third kappa shape index (κ3) is 6.47. The molecule has 1 atom stereocenters. The second-order valence-electron chi connectivity index (χ2n) is 9.71. The van der Waals surface area contributed by atoms with Crippen molar-refractivity contribution in [2.75, 3.05) is 20.3 Å². The van der Waals surface area contributed by atoms with Gasteiger partial charge in [0.05, 0.1) is 42.2 Å². The number of aromatic nitrogens is 1. The second kappa shape index (κ2) is 13.8. The molecule has 1 aliphatic heterocycles. The first-order valence-corrected chi connectivity index (χ1v) is 15.9. The summed E-state index contributed by atoms with van der Waals surface area (Å²) in [7, 11) is 1.54. The van der Waals surface area contributed by atoms with Crippen LogP contribution in [0.25, 0.3) is 6.08 Å². The highest BCUT2D eigenvalue weighted by molar-refractivity contribution is 9.10. The van der Waals surface area contributed by atoms with Gasteiger partial charge in [-0.05, 0) is 68.3 Å². The highest BCUT2D eigenvalue weighted by atomic mass is 79.9. The van der Waals surface area contributed by atoms with E-state index in [1.165, 1.54) is 15.9 Å². The van der Waals surface area contributed by atoms with Gasteiger partial charge in [-0.25, -0.2) is 9.79 Å². The van der Waals surface area contributed by atoms with Crippen molar-refractivity contribution in [3.8, 4) is 17.2 Å². The number of rotatable bonds is 10. The van der Waals surface area contributed by atoms with Crippen LogP contribution < -0.4 is 29.1 Å². The fourth-order valence-electron chi connectivity index (χ4n) is 4.90. The molecule has 11 heteroatoms. The molecule has 0 saturated carbocycles. The Kier molecular flexibility index (Phi) is 9.93. The van der Waals surface area contributed by atoms with Gasteiger partial charge >= 0.3 is 5.97 Å². The fraction of sp³-hybridized carbons (Fsp3) is 0.242. The number of hydrogen-bond acceptors (Lipinski definition) is 8. The number of benzene rings is 3. The quantitative estimate of drug-likeness (QED) is 0.184. The molecule has 4 aromatic rings. The van der Waals surface area contributed by atoms with E-state index in [0.717, 1.165) is 11.1 Å². The third-order valence-electron chi connectivity index (χ3n) is 6.90. The van der Waals surface area contributed by atoms with Crippen molar-refractivity contribution < 1.29 is 23.7 Å². The molecule has 0 saturated heterocycles. The summed E-state index contributed by atoms with van der Waals surface area (Å²) in [4.78, 5) is 32.5. The monoisotopic (exact) mass is 696 g/mol. The summed E-state index contributed by atoms with van der Waals surface area (Å²) in [5, 5.41) is 0.633. The summed E-state index contributed by atoms with van der Waals surface area (Å²) < 4.78 is 25.4. The van der Waals surface area contributed by atoms with Crippen LogP contribution in [0.3, 0.4) is 0 Å². The Balaban J connectivity index is 1.60. The molecule has 8 nitrogen and oxygen atoms in total. The van der Waals surface area contributed by atoms with Gasteiger partial charge in [-0.3, -0.25) is 9.36 Å². The Labute approximate surface area is 272 Å². The molecule has 0 amide bonds. The minimum Gasteiger partial charge on any atom is -0.493 e. The van der Waals surface area contributed by atoms with Crippen molar-refractivity contribution >= 4 is 50.9 Å². The standard InChI is InChI=1S/C33H30BrClN2O6S/c1-5-41-27-17-24(34)23(16-26(27)40-4)30-29(32(39)42-6-2)19(3)36-33-37(30)31(38)28(44-33)15-20-10-9-12-22(14-20)43-18-21-11-7-8-13-25(21)35/h7-17,30H,5-6,18H2,1-4H3/b28-15+/t30-/m0/s1.